The van der Waals surface area contributed by atoms with Crippen LogP contribution in [0.1, 0.15) is 18.0 Å². The summed E-state index contributed by atoms with van der Waals surface area (Å²) in [6, 6.07) is 3.75. The SMILES string of the molecule is COCCN1C[C@@H]2C(c3cc(-c4cnc(N)c(Cl)c4)nn3CC3CC3(F)F)[C@@H]2C1. The molecule has 9 heteroatoms. The molecule has 3 heterocycles. The number of ether oxygens (including phenoxy) is 1. The minimum Gasteiger partial charge on any atom is -0.383 e. The Kier molecular flexibility index (Phi) is 4.56. The lowest BCUT2D eigenvalue weighted by Crippen LogP contribution is -2.28. The smallest absolute Gasteiger partial charge is 0.253 e. The van der Waals surface area contributed by atoms with Crippen molar-refractivity contribution in [3.8, 4) is 11.3 Å². The Hall–Kier alpha value is -1.77. The van der Waals surface area contributed by atoms with Crippen LogP contribution in [0.4, 0.5) is 14.6 Å². The molecule has 4 atom stereocenters. The Labute approximate surface area is 173 Å². The standard InChI is InChI=1S/C20H24ClF2N5O/c1-29-3-2-27-9-13-14(10-27)18(13)17-5-16(11-4-15(21)19(24)25-7-11)26-28(17)8-12-6-20(12,22)23/h4-5,7,12-14,18H,2-3,6,8-10H2,1H3,(H2,24,25)/t12?,13-,14+,18?. The summed E-state index contributed by atoms with van der Waals surface area (Å²) in [5, 5.41) is 5.03. The van der Waals surface area contributed by atoms with E-state index in [9.17, 15) is 8.78 Å². The molecule has 2 aliphatic carbocycles. The normalized spacial score (nSPS) is 29.8. The van der Waals surface area contributed by atoms with E-state index in [0.717, 1.165) is 37.5 Å². The number of alkyl halides is 2. The highest BCUT2D eigenvalue weighted by atomic mass is 35.5. The predicted octanol–water partition coefficient (Wildman–Crippen LogP) is 3.13. The zero-order valence-corrected chi connectivity index (χ0v) is 16.9. The number of nitrogens with zero attached hydrogens (tertiary/aromatic N) is 4. The summed E-state index contributed by atoms with van der Waals surface area (Å²) < 4.78 is 34.1. The molecule has 29 heavy (non-hydrogen) atoms. The predicted molar refractivity (Wildman–Crippen MR) is 106 cm³/mol. The maximum absolute atomic E-state index is 13.6. The van der Waals surface area contributed by atoms with Gasteiger partial charge in [-0.3, -0.25) is 4.68 Å². The van der Waals surface area contributed by atoms with Crippen LogP contribution >= 0.6 is 11.6 Å². The second kappa shape index (κ2) is 6.89. The first kappa shape index (κ1) is 19.2. The average Bonchev–Trinajstić information content (AvgIpc) is 3.33. The van der Waals surface area contributed by atoms with E-state index in [1.165, 1.54) is 0 Å². The Balaban J connectivity index is 1.39. The van der Waals surface area contributed by atoms with Crippen molar-refractivity contribution in [2.24, 2.45) is 17.8 Å². The van der Waals surface area contributed by atoms with Crippen LogP contribution in [-0.4, -0.2) is 58.9 Å². The first-order valence-electron chi connectivity index (χ1n) is 9.95. The number of nitrogens with two attached hydrogens (primary N) is 1. The van der Waals surface area contributed by atoms with E-state index in [2.05, 4.69) is 15.0 Å². The molecule has 1 saturated heterocycles. The van der Waals surface area contributed by atoms with Gasteiger partial charge < -0.3 is 15.4 Å². The fourth-order valence-corrected chi connectivity index (χ4v) is 4.87. The fraction of sp³-hybridized carbons (Fsp3) is 0.600. The molecule has 0 radical (unpaired) electrons. The molecule has 6 nitrogen and oxygen atoms in total. The first-order valence-corrected chi connectivity index (χ1v) is 10.3. The van der Waals surface area contributed by atoms with Gasteiger partial charge in [-0.05, 0) is 24.0 Å². The molecule has 2 aromatic rings. The van der Waals surface area contributed by atoms with Gasteiger partial charge in [-0.15, -0.1) is 0 Å². The van der Waals surface area contributed by atoms with Gasteiger partial charge in [0.2, 0.25) is 0 Å². The Morgan fingerprint density at radius 2 is 2.03 bits per heavy atom. The van der Waals surface area contributed by atoms with Crippen molar-refractivity contribution in [2.75, 3.05) is 39.1 Å². The fourth-order valence-electron chi connectivity index (χ4n) is 4.71. The number of pyridine rings is 1. The molecule has 0 bridgehead atoms. The lowest BCUT2D eigenvalue weighted by molar-refractivity contribution is 0.0939. The van der Waals surface area contributed by atoms with E-state index in [-0.39, 0.29) is 18.8 Å². The van der Waals surface area contributed by atoms with Crippen LogP contribution in [0, 0.1) is 17.8 Å². The molecule has 5 rings (SSSR count). The number of methoxy groups -OCH3 is 1. The number of hydrogen-bond acceptors (Lipinski definition) is 5. The van der Waals surface area contributed by atoms with E-state index < -0.39 is 11.8 Å². The second-order valence-corrected chi connectivity index (χ2v) is 8.90. The molecule has 0 spiro atoms. The number of halogens is 3. The molecule has 1 aliphatic heterocycles. The number of nitrogen functional groups attached to an aromatic ring is 1. The van der Waals surface area contributed by atoms with Gasteiger partial charge in [0.25, 0.3) is 5.92 Å². The van der Waals surface area contributed by atoms with Crippen molar-refractivity contribution < 1.29 is 13.5 Å². The summed E-state index contributed by atoms with van der Waals surface area (Å²) in [7, 11) is 1.71. The Bertz CT molecular complexity index is 924. The largest absolute Gasteiger partial charge is 0.383 e. The van der Waals surface area contributed by atoms with Crippen LogP contribution in [0.15, 0.2) is 18.3 Å². The molecule has 2 unspecified atom stereocenters. The number of piperidine rings is 1. The minimum absolute atomic E-state index is 0.0563. The summed E-state index contributed by atoms with van der Waals surface area (Å²) in [5.74, 6) is -1.43. The quantitative estimate of drug-likeness (QED) is 0.741. The molecule has 3 aliphatic rings. The number of hydrogen-bond donors (Lipinski definition) is 1. The lowest BCUT2D eigenvalue weighted by atomic mass is 10.1. The van der Waals surface area contributed by atoms with Crippen LogP contribution in [0.25, 0.3) is 11.3 Å². The van der Waals surface area contributed by atoms with Gasteiger partial charge >= 0.3 is 0 Å². The zero-order valence-electron chi connectivity index (χ0n) is 16.2. The molecule has 3 fully saturated rings. The van der Waals surface area contributed by atoms with Crippen molar-refractivity contribution in [1.29, 1.82) is 0 Å². The molecule has 156 valence electrons. The van der Waals surface area contributed by atoms with E-state index in [1.54, 1.807) is 24.1 Å². The maximum Gasteiger partial charge on any atom is 0.253 e. The van der Waals surface area contributed by atoms with Gasteiger partial charge in [0.1, 0.15) is 5.82 Å². The number of fused-ring (bicyclic) bond motifs is 1. The van der Waals surface area contributed by atoms with Gasteiger partial charge in [-0.1, -0.05) is 11.6 Å². The van der Waals surface area contributed by atoms with Crippen molar-refractivity contribution in [2.45, 2.75) is 24.8 Å². The van der Waals surface area contributed by atoms with Crippen molar-refractivity contribution in [3.05, 3.63) is 29.0 Å². The van der Waals surface area contributed by atoms with E-state index >= 15 is 0 Å². The molecular weight excluding hydrogens is 400 g/mol. The summed E-state index contributed by atoms with van der Waals surface area (Å²) in [5.41, 5.74) is 8.22. The zero-order chi connectivity index (χ0) is 20.3. The van der Waals surface area contributed by atoms with Crippen LogP contribution in [0.5, 0.6) is 0 Å². The second-order valence-electron chi connectivity index (χ2n) is 8.50. The minimum atomic E-state index is -2.56. The van der Waals surface area contributed by atoms with Gasteiger partial charge in [0.15, 0.2) is 0 Å². The number of rotatable bonds is 7. The number of anilines is 1. The topological polar surface area (TPSA) is 69.2 Å². The Morgan fingerprint density at radius 3 is 2.66 bits per heavy atom. The van der Waals surface area contributed by atoms with E-state index in [4.69, 9.17) is 22.1 Å². The highest BCUT2D eigenvalue weighted by Crippen LogP contribution is 2.59. The number of aromatic nitrogens is 3. The molecule has 2 N–H and O–H groups in total. The molecular formula is C20H24ClF2N5O. The van der Waals surface area contributed by atoms with Crippen molar-refractivity contribution in [1.82, 2.24) is 19.7 Å². The third kappa shape index (κ3) is 3.51. The van der Waals surface area contributed by atoms with Crippen molar-refractivity contribution >= 4 is 17.4 Å². The third-order valence-electron chi connectivity index (χ3n) is 6.55. The lowest BCUT2D eigenvalue weighted by Gasteiger charge is -2.19. The molecule has 2 aromatic heterocycles. The van der Waals surface area contributed by atoms with Crippen LogP contribution in [0.3, 0.4) is 0 Å². The van der Waals surface area contributed by atoms with Crippen LogP contribution in [0.2, 0.25) is 5.02 Å². The van der Waals surface area contributed by atoms with Gasteiger partial charge in [0.05, 0.1) is 23.9 Å². The first-order chi connectivity index (χ1) is 13.9. The third-order valence-corrected chi connectivity index (χ3v) is 6.85. The van der Waals surface area contributed by atoms with Gasteiger partial charge in [-0.2, -0.15) is 5.10 Å². The summed E-state index contributed by atoms with van der Waals surface area (Å²) in [6.45, 7) is 3.96. The Morgan fingerprint density at radius 1 is 1.31 bits per heavy atom. The van der Waals surface area contributed by atoms with Gasteiger partial charge in [0, 0.05) is 62.5 Å². The maximum atomic E-state index is 13.6. The monoisotopic (exact) mass is 423 g/mol. The van der Waals surface area contributed by atoms with Crippen LogP contribution in [-0.2, 0) is 11.3 Å². The van der Waals surface area contributed by atoms with Crippen molar-refractivity contribution in [3.63, 3.8) is 0 Å². The number of likely N-dealkylation sites (tertiary alicyclic amines) is 1. The summed E-state index contributed by atoms with van der Waals surface area (Å²) >= 11 is 6.12. The summed E-state index contributed by atoms with van der Waals surface area (Å²) in [4.78, 5) is 6.52. The van der Waals surface area contributed by atoms with Gasteiger partial charge in [-0.25, -0.2) is 13.8 Å². The highest BCUT2D eigenvalue weighted by Gasteiger charge is 2.59. The average molecular weight is 424 g/mol. The molecule has 0 amide bonds. The van der Waals surface area contributed by atoms with E-state index in [0.29, 0.717) is 28.5 Å². The molecule has 0 aromatic carbocycles. The summed E-state index contributed by atoms with van der Waals surface area (Å²) in [6.07, 6.45) is 1.57. The van der Waals surface area contributed by atoms with Crippen LogP contribution < -0.4 is 5.73 Å². The highest BCUT2D eigenvalue weighted by molar-refractivity contribution is 6.33. The van der Waals surface area contributed by atoms with E-state index in [1.807, 2.05) is 6.07 Å². The molecule has 2 saturated carbocycles.